The Balaban J connectivity index is 2.80. The Morgan fingerprint density at radius 1 is 0.955 bits per heavy atom. The van der Waals surface area contributed by atoms with Crippen molar-refractivity contribution in [2.24, 2.45) is 0 Å². The first-order valence-electron chi connectivity index (χ1n) is 7.49. The molecular weight excluding hydrogens is 282 g/mol. The minimum absolute atomic E-state index is 0.0358. The molecule has 22 heavy (non-hydrogen) atoms. The topological polar surface area (TPSA) is 77.8 Å². The van der Waals surface area contributed by atoms with E-state index >= 15 is 0 Å². The molecule has 0 amide bonds. The Hall–Kier alpha value is -2.04. The summed E-state index contributed by atoms with van der Waals surface area (Å²) < 4.78 is 0. The third-order valence-electron chi connectivity index (χ3n) is 3.51. The maximum Gasteiger partial charge on any atom is 0.305 e. The first kappa shape index (κ1) is 18.0. The lowest BCUT2D eigenvalue weighted by Gasteiger charge is -2.26. The van der Waals surface area contributed by atoms with Crippen LogP contribution >= 0.6 is 0 Å². The number of carboxylic acids is 2. The van der Waals surface area contributed by atoms with Crippen LogP contribution < -0.4 is 4.90 Å². The first-order valence-corrected chi connectivity index (χ1v) is 7.49. The number of carboxylic acid groups (broad SMARTS) is 2. The monoisotopic (exact) mass is 307 g/mol. The van der Waals surface area contributed by atoms with E-state index in [1.165, 1.54) is 5.56 Å². The molecule has 5 heteroatoms. The Morgan fingerprint density at radius 3 is 1.95 bits per heavy atom. The Kier molecular flexibility index (Phi) is 6.40. The number of hydrogen-bond acceptors (Lipinski definition) is 3. The van der Waals surface area contributed by atoms with E-state index in [1.807, 2.05) is 29.2 Å². The second-order valence-electron chi connectivity index (χ2n) is 6.42. The van der Waals surface area contributed by atoms with Crippen LogP contribution in [0.4, 0.5) is 5.69 Å². The van der Waals surface area contributed by atoms with Crippen LogP contribution in [0.3, 0.4) is 0 Å². The van der Waals surface area contributed by atoms with E-state index in [0.29, 0.717) is 19.5 Å². The summed E-state index contributed by atoms with van der Waals surface area (Å²) >= 11 is 0. The minimum atomic E-state index is -0.852. The molecule has 0 unspecified atom stereocenters. The number of rotatable bonds is 8. The molecule has 2 N–H and O–H groups in total. The minimum Gasteiger partial charge on any atom is -0.481 e. The quantitative estimate of drug-likeness (QED) is 0.771. The fraction of sp³-hybridized carbons (Fsp3) is 0.529. The van der Waals surface area contributed by atoms with Crippen LogP contribution in [0.5, 0.6) is 0 Å². The largest absolute Gasteiger partial charge is 0.481 e. The van der Waals surface area contributed by atoms with E-state index in [-0.39, 0.29) is 18.3 Å². The van der Waals surface area contributed by atoms with Crippen LogP contribution in [0.15, 0.2) is 24.3 Å². The number of aliphatic carboxylic acids is 2. The van der Waals surface area contributed by atoms with Crippen molar-refractivity contribution in [3.05, 3.63) is 29.8 Å². The number of hydrogen-bond donors (Lipinski definition) is 2. The highest BCUT2D eigenvalue weighted by molar-refractivity contribution is 5.68. The lowest BCUT2D eigenvalue weighted by molar-refractivity contribution is -0.138. The van der Waals surface area contributed by atoms with Crippen molar-refractivity contribution in [1.29, 1.82) is 0 Å². The lowest BCUT2D eigenvalue weighted by atomic mass is 9.87. The standard InChI is InChI=1S/C17H25NO4/c1-17(2,3)13-6-8-14(9-7-13)18(12-10-16(21)22)11-4-5-15(19)20/h6-9H,4-5,10-12H2,1-3H3,(H,19,20)(H,21,22). The average molecular weight is 307 g/mol. The van der Waals surface area contributed by atoms with E-state index in [4.69, 9.17) is 10.2 Å². The number of benzene rings is 1. The molecular formula is C17H25NO4. The summed E-state index contributed by atoms with van der Waals surface area (Å²) in [6, 6.07) is 8.03. The zero-order chi connectivity index (χ0) is 16.8. The number of carbonyl (C=O) groups is 2. The molecule has 0 aliphatic rings. The predicted molar refractivity (Wildman–Crippen MR) is 86.5 cm³/mol. The molecule has 0 saturated carbocycles. The fourth-order valence-corrected chi connectivity index (χ4v) is 2.19. The van der Waals surface area contributed by atoms with E-state index in [1.54, 1.807) is 0 Å². The molecule has 1 rings (SSSR count). The summed E-state index contributed by atoms with van der Waals surface area (Å²) in [5.41, 5.74) is 2.20. The van der Waals surface area contributed by atoms with Gasteiger partial charge < -0.3 is 15.1 Å². The molecule has 122 valence electrons. The van der Waals surface area contributed by atoms with Crippen molar-refractivity contribution in [3.63, 3.8) is 0 Å². The Bertz CT molecular complexity index is 502. The van der Waals surface area contributed by atoms with Gasteiger partial charge in [0, 0.05) is 25.2 Å². The highest BCUT2D eigenvalue weighted by Gasteiger charge is 2.15. The normalized spacial score (nSPS) is 11.2. The molecule has 0 spiro atoms. The molecule has 0 aromatic heterocycles. The van der Waals surface area contributed by atoms with Crippen molar-refractivity contribution in [3.8, 4) is 0 Å². The number of anilines is 1. The van der Waals surface area contributed by atoms with Crippen LogP contribution in [-0.4, -0.2) is 35.2 Å². The second-order valence-corrected chi connectivity index (χ2v) is 6.42. The van der Waals surface area contributed by atoms with Gasteiger partial charge in [0.1, 0.15) is 0 Å². The van der Waals surface area contributed by atoms with Crippen LogP contribution in [0.2, 0.25) is 0 Å². The van der Waals surface area contributed by atoms with Gasteiger partial charge in [0.15, 0.2) is 0 Å². The van der Waals surface area contributed by atoms with Gasteiger partial charge in [-0.1, -0.05) is 32.9 Å². The fourth-order valence-electron chi connectivity index (χ4n) is 2.19. The zero-order valence-electron chi connectivity index (χ0n) is 13.5. The van der Waals surface area contributed by atoms with Crippen molar-refractivity contribution >= 4 is 17.6 Å². The summed E-state index contributed by atoms with van der Waals surface area (Å²) in [6.07, 6.45) is 0.619. The third-order valence-corrected chi connectivity index (χ3v) is 3.51. The summed E-state index contributed by atoms with van der Waals surface area (Å²) in [7, 11) is 0. The van der Waals surface area contributed by atoms with E-state index in [2.05, 4.69) is 20.8 Å². The summed E-state index contributed by atoms with van der Waals surface area (Å²) in [5, 5.41) is 17.6. The molecule has 0 radical (unpaired) electrons. The molecule has 0 aliphatic carbocycles. The summed E-state index contributed by atoms with van der Waals surface area (Å²) in [4.78, 5) is 23.3. The van der Waals surface area contributed by atoms with Crippen LogP contribution in [-0.2, 0) is 15.0 Å². The van der Waals surface area contributed by atoms with Gasteiger partial charge >= 0.3 is 11.9 Å². The van der Waals surface area contributed by atoms with Crippen LogP contribution in [0, 0.1) is 0 Å². The van der Waals surface area contributed by atoms with E-state index in [0.717, 1.165) is 5.69 Å². The van der Waals surface area contributed by atoms with Crippen molar-refractivity contribution in [1.82, 2.24) is 0 Å². The smallest absolute Gasteiger partial charge is 0.305 e. The highest BCUT2D eigenvalue weighted by Crippen LogP contribution is 2.25. The molecule has 1 aromatic rings. The van der Waals surface area contributed by atoms with Gasteiger partial charge in [-0.05, 0) is 29.5 Å². The molecule has 5 nitrogen and oxygen atoms in total. The lowest BCUT2D eigenvalue weighted by Crippen LogP contribution is -2.27. The van der Waals surface area contributed by atoms with Gasteiger partial charge in [-0.15, -0.1) is 0 Å². The van der Waals surface area contributed by atoms with Crippen LogP contribution in [0.1, 0.15) is 45.6 Å². The third kappa shape index (κ3) is 6.16. The Morgan fingerprint density at radius 2 is 1.50 bits per heavy atom. The molecule has 0 heterocycles. The molecule has 1 aromatic carbocycles. The van der Waals surface area contributed by atoms with Crippen molar-refractivity contribution < 1.29 is 19.8 Å². The van der Waals surface area contributed by atoms with Gasteiger partial charge in [-0.3, -0.25) is 9.59 Å². The van der Waals surface area contributed by atoms with Crippen LogP contribution in [0.25, 0.3) is 0 Å². The van der Waals surface area contributed by atoms with Gasteiger partial charge in [-0.2, -0.15) is 0 Å². The maximum absolute atomic E-state index is 10.8. The van der Waals surface area contributed by atoms with E-state index < -0.39 is 11.9 Å². The van der Waals surface area contributed by atoms with Gasteiger partial charge in [0.25, 0.3) is 0 Å². The molecule has 0 saturated heterocycles. The highest BCUT2D eigenvalue weighted by atomic mass is 16.4. The van der Waals surface area contributed by atoms with Crippen molar-refractivity contribution in [2.75, 3.05) is 18.0 Å². The average Bonchev–Trinajstić information content (AvgIpc) is 2.41. The molecule has 0 atom stereocenters. The SMILES string of the molecule is CC(C)(C)c1ccc(N(CCCC(=O)O)CCC(=O)O)cc1. The predicted octanol–water partition coefficient (Wildman–Crippen LogP) is 3.13. The summed E-state index contributed by atoms with van der Waals surface area (Å²) in [6.45, 7) is 7.32. The van der Waals surface area contributed by atoms with Gasteiger partial charge in [0.2, 0.25) is 0 Å². The maximum atomic E-state index is 10.8. The molecule has 0 fully saturated rings. The second kappa shape index (κ2) is 7.82. The van der Waals surface area contributed by atoms with E-state index in [9.17, 15) is 9.59 Å². The first-order chi connectivity index (χ1) is 10.2. The van der Waals surface area contributed by atoms with Gasteiger partial charge in [-0.25, -0.2) is 0 Å². The summed E-state index contributed by atoms with van der Waals surface area (Å²) in [5.74, 6) is -1.68. The molecule has 0 aliphatic heterocycles. The molecule has 0 bridgehead atoms. The Labute approximate surface area is 131 Å². The zero-order valence-corrected chi connectivity index (χ0v) is 13.5. The van der Waals surface area contributed by atoms with Crippen molar-refractivity contribution in [2.45, 2.75) is 45.4 Å². The number of nitrogens with zero attached hydrogens (tertiary/aromatic N) is 1. The van der Waals surface area contributed by atoms with Gasteiger partial charge in [0.05, 0.1) is 6.42 Å².